The Bertz CT molecular complexity index is 566. The number of anilines is 1. The van der Waals surface area contributed by atoms with Crippen LogP contribution in [-0.2, 0) is 0 Å². The number of nitrogens with one attached hydrogen (secondary N) is 1. The first-order valence-electron chi connectivity index (χ1n) is 6.83. The van der Waals surface area contributed by atoms with Crippen LogP contribution in [0.1, 0.15) is 18.5 Å². The Balaban J connectivity index is 2.28. The molecule has 1 unspecified atom stereocenters. The van der Waals surface area contributed by atoms with Crippen molar-refractivity contribution in [3.05, 3.63) is 54.1 Å². The summed E-state index contributed by atoms with van der Waals surface area (Å²) < 4.78 is 6.06. The number of nitrogens with zero attached hydrogens (tertiary/aromatic N) is 1. The molecule has 2 aromatic rings. The zero-order chi connectivity index (χ0) is 14.5. The number of rotatable bonds is 5. The van der Waals surface area contributed by atoms with E-state index in [9.17, 15) is 0 Å². The van der Waals surface area contributed by atoms with Crippen molar-refractivity contribution in [1.82, 2.24) is 5.32 Å². The van der Waals surface area contributed by atoms with E-state index in [0.717, 1.165) is 22.7 Å². The lowest BCUT2D eigenvalue weighted by atomic mass is 10.1. The van der Waals surface area contributed by atoms with Gasteiger partial charge < -0.3 is 15.0 Å². The topological polar surface area (TPSA) is 24.5 Å². The van der Waals surface area contributed by atoms with Gasteiger partial charge in [0.15, 0.2) is 0 Å². The third kappa shape index (κ3) is 3.31. The van der Waals surface area contributed by atoms with Crippen molar-refractivity contribution in [2.75, 3.05) is 26.0 Å². The number of hydrogen-bond donors (Lipinski definition) is 1. The van der Waals surface area contributed by atoms with Gasteiger partial charge in [-0.1, -0.05) is 24.3 Å². The maximum absolute atomic E-state index is 6.06. The molecule has 0 saturated heterocycles. The summed E-state index contributed by atoms with van der Waals surface area (Å²) in [6.45, 7) is 2.12. The Morgan fingerprint density at radius 3 is 2.50 bits per heavy atom. The molecule has 0 aromatic heterocycles. The summed E-state index contributed by atoms with van der Waals surface area (Å²) in [5, 5.41) is 3.25. The summed E-state index contributed by atoms with van der Waals surface area (Å²) >= 11 is 0. The predicted molar refractivity (Wildman–Crippen MR) is 84.8 cm³/mol. The van der Waals surface area contributed by atoms with E-state index in [-0.39, 0.29) is 6.04 Å². The Hall–Kier alpha value is -2.00. The van der Waals surface area contributed by atoms with E-state index in [0.29, 0.717) is 0 Å². The summed E-state index contributed by atoms with van der Waals surface area (Å²) in [6.07, 6.45) is 0. The van der Waals surface area contributed by atoms with Gasteiger partial charge in [0, 0.05) is 37.5 Å². The van der Waals surface area contributed by atoms with Gasteiger partial charge in [0.1, 0.15) is 11.5 Å². The third-order valence-corrected chi connectivity index (χ3v) is 3.38. The Labute approximate surface area is 121 Å². The van der Waals surface area contributed by atoms with Crippen molar-refractivity contribution < 1.29 is 4.74 Å². The third-order valence-electron chi connectivity index (χ3n) is 3.38. The zero-order valence-corrected chi connectivity index (χ0v) is 12.6. The fourth-order valence-corrected chi connectivity index (χ4v) is 2.04. The van der Waals surface area contributed by atoms with Crippen LogP contribution >= 0.6 is 0 Å². The summed E-state index contributed by atoms with van der Waals surface area (Å²) in [7, 11) is 6.00. The molecular weight excluding hydrogens is 248 g/mol. The molecular formula is C17H22N2O. The van der Waals surface area contributed by atoms with E-state index in [1.807, 2.05) is 57.5 Å². The largest absolute Gasteiger partial charge is 0.457 e. The fraction of sp³-hybridized carbons (Fsp3) is 0.294. The van der Waals surface area contributed by atoms with E-state index < -0.39 is 0 Å². The Morgan fingerprint density at radius 1 is 1.05 bits per heavy atom. The van der Waals surface area contributed by atoms with Crippen molar-refractivity contribution in [1.29, 1.82) is 0 Å². The number of ether oxygens (including phenoxy) is 1. The molecule has 20 heavy (non-hydrogen) atoms. The van der Waals surface area contributed by atoms with Gasteiger partial charge in [-0.15, -0.1) is 0 Å². The van der Waals surface area contributed by atoms with Crippen molar-refractivity contribution in [3.8, 4) is 11.5 Å². The molecule has 1 N–H and O–H groups in total. The quantitative estimate of drug-likeness (QED) is 0.893. The first kappa shape index (κ1) is 14.4. The highest BCUT2D eigenvalue weighted by Crippen LogP contribution is 2.30. The van der Waals surface area contributed by atoms with Crippen LogP contribution in [0.25, 0.3) is 0 Å². The van der Waals surface area contributed by atoms with E-state index in [1.165, 1.54) is 0 Å². The van der Waals surface area contributed by atoms with Gasteiger partial charge >= 0.3 is 0 Å². The molecule has 0 aliphatic rings. The molecule has 0 saturated carbocycles. The maximum atomic E-state index is 6.06. The van der Waals surface area contributed by atoms with E-state index in [1.54, 1.807) is 0 Å². The van der Waals surface area contributed by atoms with Gasteiger partial charge in [-0.25, -0.2) is 0 Å². The highest BCUT2D eigenvalue weighted by molar-refractivity contribution is 5.51. The molecule has 1 atom stereocenters. The molecule has 0 bridgehead atoms. The molecule has 106 valence electrons. The van der Waals surface area contributed by atoms with Crippen molar-refractivity contribution in [2.24, 2.45) is 0 Å². The molecule has 0 fully saturated rings. The van der Waals surface area contributed by atoms with Gasteiger partial charge in [-0.2, -0.15) is 0 Å². The minimum absolute atomic E-state index is 0.253. The highest BCUT2D eigenvalue weighted by atomic mass is 16.5. The lowest BCUT2D eigenvalue weighted by molar-refractivity contribution is 0.466. The van der Waals surface area contributed by atoms with Gasteiger partial charge in [0.05, 0.1) is 0 Å². The second kappa shape index (κ2) is 6.44. The smallest absolute Gasteiger partial charge is 0.132 e. The van der Waals surface area contributed by atoms with Crippen LogP contribution in [-0.4, -0.2) is 21.1 Å². The molecule has 3 heteroatoms. The van der Waals surface area contributed by atoms with Crippen molar-refractivity contribution in [3.63, 3.8) is 0 Å². The normalized spacial score (nSPS) is 12.0. The SMILES string of the molecule is CNC(C)c1ccccc1Oc1cccc(N(C)C)c1. The van der Waals surface area contributed by atoms with E-state index in [4.69, 9.17) is 4.74 Å². The average Bonchev–Trinajstić information content (AvgIpc) is 2.47. The van der Waals surface area contributed by atoms with Crippen LogP contribution < -0.4 is 15.0 Å². The van der Waals surface area contributed by atoms with Gasteiger partial charge in [0.25, 0.3) is 0 Å². The molecule has 2 rings (SSSR count). The second-order valence-electron chi connectivity index (χ2n) is 5.04. The summed E-state index contributed by atoms with van der Waals surface area (Å²) in [5.41, 5.74) is 2.28. The molecule has 3 nitrogen and oxygen atoms in total. The molecule has 0 radical (unpaired) electrons. The standard InChI is InChI=1S/C17H22N2O/c1-13(18-2)16-10-5-6-11-17(16)20-15-9-7-8-14(12-15)19(3)4/h5-13,18H,1-4H3. The van der Waals surface area contributed by atoms with Gasteiger partial charge in [-0.3, -0.25) is 0 Å². The molecule has 0 spiro atoms. The van der Waals surface area contributed by atoms with E-state index >= 15 is 0 Å². The van der Waals surface area contributed by atoms with Gasteiger partial charge in [0.2, 0.25) is 0 Å². The molecule has 2 aromatic carbocycles. The van der Waals surface area contributed by atoms with Crippen molar-refractivity contribution >= 4 is 5.69 Å². The highest BCUT2D eigenvalue weighted by Gasteiger charge is 2.10. The second-order valence-corrected chi connectivity index (χ2v) is 5.04. The average molecular weight is 270 g/mol. The van der Waals surface area contributed by atoms with Gasteiger partial charge in [-0.05, 0) is 32.2 Å². The molecule has 0 amide bonds. The van der Waals surface area contributed by atoms with Crippen LogP contribution in [0.2, 0.25) is 0 Å². The van der Waals surface area contributed by atoms with Crippen LogP contribution in [0, 0.1) is 0 Å². The Kier molecular flexibility index (Phi) is 4.64. The maximum Gasteiger partial charge on any atom is 0.132 e. The fourth-order valence-electron chi connectivity index (χ4n) is 2.04. The summed E-state index contributed by atoms with van der Waals surface area (Å²) in [6, 6.07) is 16.5. The van der Waals surface area contributed by atoms with Crippen LogP contribution in [0.5, 0.6) is 11.5 Å². The molecule has 0 heterocycles. The number of hydrogen-bond acceptors (Lipinski definition) is 3. The molecule has 0 aliphatic carbocycles. The first-order chi connectivity index (χ1) is 9.61. The Morgan fingerprint density at radius 2 is 1.80 bits per heavy atom. The zero-order valence-electron chi connectivity index (χ0n) is 12.6. The first-order valence-corrected chi connectivity index (χ1v) is 6.83. The predicted octanol–water partition coefficient (Wildman–Crippen LogP) is 3.83. The van der Waals surface area contributed by atoms with Crippen LogP contribution in [0.15, 0.2) is 48.5 Å². The molecule has 0 aliphatic heterocycles. The van der Waals surface area contributed by atoms with E-state index in [2.05, 4.69) is 29.3 Å². The minimum Gasteiger partial charge on any atom is -0.457 e. The van der Waals surface area contributed by atoms with Crippen LogP contribution in [0.4, 0.5) is 5.69 Å². The number of para-hydroxylation sites is 1. The minimum atomic E-state index is 0.253. The summed E-state index contributed by atoms with van der Waals surface area (Å²) in [4.78, 5) is 2.06. The lowest BCUT2D eigenvalue weighted by Gasteiger charge is -2.17. The van der Waals surface area contributed by atoms with Crippen molar-refractivity contribution in [2.45, 2.75) is 13.0 Å². The number of benzene rings is 2. The lowest BCUT2D eigenvalue weighted by Crippen LogP contribution is -2.13. The monoisotopic (exact) mass is 270 g/mol. The van der Waals surface area contributed by atoms with Crippen LogP contribution in [0.3, 0.4) is 0 Å². The summed E-state index contributed by atoms with van der Waals surface area (Å²) in [5.74, 6) is 1.75.